The molecule has 0 radical (unpaired) electrons. The minimum absolute atomic E-state index is 0.0394. The number of nitro benzene ring substituents is 1. The lowest BCUT2D eigenvalue weighted by molar-refractivity contribution is -0.384. The van der Waals surface area contributed by atoms with Gasteiger partial charge in [-0.1, -0.05) is 12.1 Å². The summed E-state index contributed by atoms with van der Waals surface area (Å²) in [6.07, 6.45) is 4.78. The third-order valence-electron chi connectivity index (χ3n) is 4.69. The van der Waals surface area contributed by atoms with Crippen molar-refractivity contribution in [2.24, 2.45) is 0 Å². The van der Waals surface area contributed by atoms with E-state index < -0.39 is 0 Å². The fraction of sp³-hybridized carbons (Fsp3) is 0.263. The Morgan fingerprint density at radius 1 is 1.16 bits per heavy atom. The molecule has 0 bridgehead atoms. The summed E-state index contributed by atoms with van der Waals surface area (Å²) < 4.78 is 7.78. The molecular weight excluding hydrogens is 318 g/mol. The number of hydrogen-bond acceptors (Lipinski definition) is 4. The van der Waals surface area contributed by atoms with Crippen LogP contribution in [0.15, 0.2) is 65.4 Å². The maximum atomic E-state index is 11.2. The van der Waals surface area contributed by atoms with Crippen LogP contribution in [0, 0.1) is 10.1 Å². The van der Waals surface area contributed by atoms with Crippen molar-refractivity contribution in [1.29, 1.82) is 0 Å². The van der Waals surface area contributed by atoms with Crippen LogP contribution in [0.2, 0.25) is 0 Å². The molecule has 1 aromatic carbocycles. The Kier molecular flexibility index (Phi) is 4.11. The second-order valence-corrected chi connectivity index (χ2v) is 6.28. The van der Waals surface area contributed by atoms with Gasteiger partial charge in [-0.25, -0.2) is 0 Å². The van der Waals surface area contributed by atoms with Crippen molar-refractivity contribution in [2.45, 2.75) is 25.6 Å². The average Bonchev–Trinajstić information content (AvgIpc) is 3.25. The third-order valence-corrected chi connectivity index (χ3v) is 4.69. The van der Waals surface area contributed by atoms with Crippen molar-refractivity contribution >= 4 is 5.69 Å². The highest BCUT2D eigenvalue weighted by molar-refractivity contribution is 5.39. The summed E-state index contributed by atoms with van der Waals surface area (Å²) in [5.41, 5.74) is 2.21. The largest absolute Gasteiger partial charge is 0.468 e. The molecule has 6 nitrogen and oxygen atoms in total. The van der Waals surface area contributed by atoms with E-state index in [1.807, 2.05) is 24.3 Å². The topological polar surface area (TPSA) is 64.5 Å². The number of furan rings is 1. The van der Waals surface area contributed by atoms with Gasteiger partial charge in [-0.05, 0) is 36.2 Å². The predicted octanol–water partition coefficient (Wildman–Crippen LogP) is 3.98. The molecule has 1 atom stereocenters. The van der Waals surface area contributed by atoms with E-state index in [9.17, 15) is 10.1 Å². The van der Waals surface area contributed by atoms with Crippen LogP contribution in [0.5, 0.6) is 0 Å². The minimum Gasteiger partial charge on any atom is -0.468 e. The molecule has 0 aliphatic carbocycles. The number of rotatable bonds is 4. The number of aryl methyl sites for hydroxylation is 1. The van der Waals surface area contributed by atoms with Crippen molar-refractivity contribution in [3.05, 3.63) is 88.1 Å². The number of non-ortho nitro benzene ring substituents is 1. The van der Waals surface area contributed by atoms with Gasteiger partial charge in [-0.3, -0.25) is 15.0 Å². The van der Waals surface area contributed by atoms with Gasteiger partial charge in [0.05, 0.1) is 23.8 Å². The van der Waals surface area contributed by atoms with Gasteiger partial charge in [0, 0.05) is 37.1 Å². The Labute approximate surface area is 145 Å². The molecule has 2 aromatic heterocycles. The fourth-order valence-corrected chi connectivity index (χ4v) is 3.60. The molecule has 1 aliphatic heterocycles. The Balaban J connectivity index is 1.78. The van der Waals surface area contributed by atoms with Crippen molar-refractivity contribution in [3.63, 3.8) is 0 Å². The highest BCUT2D eigenvalue weighted by Crippen LogP contribution is 2.34. The lowest BCUT2D eigenvalue weighted by Crippen LogP contribution is -2.29. The molecule has 0 saturated carbocycles. The van der Waals surface area contributed by atoms with Gasteiger partial charge in [0.2, 0.25) is 0 Å². The first-order valence-electron chi connectivity index (χ1n) is 8.38. The average molecular weight is 337 g/mol. The van der Waals surface area contributed by atoms with Crippen molar-refractivity contribution in [3.8, 4) is 0 Å². The monoisotopic (exact) mass is 337 g/mol. The molecule has 0 fully saturated rings. The van der Waals surface area contributed by atoms with E-state index in [0.717, 1.165) is 36.5 Å². The summed E-state index contributed by atoms with van der Waals surface area (Å²) in [4.78, 5) is 13.2. The third kappa shape index (κ3) is 3.08. The summed E-state index contributed by atoms with van der Waals surface area (Å²) in [6.45, 7) is 2.52. The summed E-state index contributed by atoms with van der Waals surface area (Å²) in [5, 5.41) is 11.2. The molecule has 128 valence electrons. The van der Waals surface area contributed by atoms with Gasteiger partial charge in [-0.2, -0.15) is 0 Å². The zero-order valence-corrected chi connectivity index (χ0v) is 13.7. The molecule has 0 amide bonds. The van der Waals surface area contributed by atoms with E-state index >= 15 is 0 Å². The van der Waals surface area contributed by atoms with Crippen LogP contribution < -0.4 is 0 Å². The zero-order chi connectivity index (χ0) is 17.2. The number of nitrogens with zero attached hydrogens (tertiary/aromatic N) is 3. The molecule has 6 heteroatoms. The van der Waals surface area contributed by atoms with Gasteiger partial charge in [0.1, 0.15) is 5.76 Å². The lowest BCUT2D eigenvalue weighted by Gasteiger charge is -2.29. The quantitative estimate of drug-likeness (QED) is 0.533. The summed E-state index contributed by atoms with van der Waals surface area (Å²) >= 11 is 0. The predicted molar refractivity (Wildman–Crippen MR) is 93.1 cm³/mol. The van der Waals surface area contributed by atoms with E-state index in [-0.39, 0.29) is 16.7 Å². The van der Waals surface area contributed by atoms with Crippen LogP contribution in [0.25, 0.3) is 0 Å². The van der Waals surface area contributed by atoms with E-state index in [0.29, 0.717) is 6.54 Å². The molecule has 3 aromatic rings. The van der Waals surface area contributed by atoms with Crippen LogP contribution in [-0.2, 0) is 13.1 Å². The standard InChI is InChI=1S/C19H19N3O3/c23-22(24)16-6-1-5-15(13-16)19-18-8-2-9-20(18)10-4-11-21(19)14-17-7-3-12-25-17/h1-3,5-9,12-13,19H,4,10-11,14H2. The molecule has 3 heterocycles. The molecule has 0 spiro atoms. The SMILES string of the molecule is O=[N+]([O-])c1cccc(C2c3cccn3CCCN2Cc2ccco2)c1. The van der Waals surface area contributed by atoms with Gasteiger partial charge in [0.15, 0.2) is 0 Å². The number of benzene rings is 1. The van der Waals surface area contributed by atoms with Crippen LogP contribution in [-0.4, -0.2) is 20.9 Å². The number of aromatic nitrogens is 1. The smallest absolute Gasteiger partial charge is 0.269 e. The first-order chi connectivity index (χ1) is 12.2. The van der Waals surface area contributed by atoms with Crippen molar-refractivity contribution in [1.82, 2.24) is 9.47 Å². The summed E-state index contributed by atoms with van der Waals surface area (Å²) in [6, 6.07) is 14.9. The highest BCUT2D eigenvalue weighted by Gasteiger charge is 2.28. The Morgan fingerprint density at radius 2 is 2.08 bits per heavy atom. The van der Waals surface area contributed by atoms with Gasteiger partial charge in [-0.15, -0.1) is 0 Å². The van der Waals surface area contributed by atoms with E-state index in [4.69, 9.17) is 4.42 Å². The second kappa shape index (κ2) is 6.57. The molecule has 0 saturated heterocycles. The highest BCUT2D eigenvalue weighted by atomic mass is 16.6. The molecular formula is C19H19N3O3. The van der Waals surface area contributed by atoms with Gasteiger partial charge < -0.3 is 8.98 Å². The number of fused-ring (bicyclic) bond motifs is 1. The summed E-state index contributed by atoms with van der Waals surface area (Å²) in [7, 11) is 0. The fourth-order valence-electron chi connectivity index (χ4n) is 3.60. The van der Waals surface area contributed by atoms with Crippen molar-refractivity contribution in [2.75, 3.05) is 6.54 Å². The Hall–Kier alpha value is -2.86. The molecule has 25 heavy (non-hydrogen) atoms. The molecule has 4 rings (SSSR count). The normalized spacial score (nSPS) is 17.8. The maximum absolute atomic E-state index is 11.2. The van der Waals surface area contributed by atoms with Gasteiger partial charge >= 0.3 is 0 Å². The second-order valence-electron chi connectivity index (χ2n) is 6.28. The van der Waals surface area contributed by atoms with Crippen LogP contribution >= 0.6 is 0 Å². The zero-order valence-electron chi connectivity index (χ0n) is 13.7. The first kappa shape index (κ1) is 15.7. The van der Waals surface area contributed by atoms with Gasteiger partial charge in [0.25, 0.3) is 5.69 Å². The lowest BCUT2D eigenvalue weighted by atomic mass is 10.0. The van der Waals surface area contributed by atoms with Crippen LogP contribution in [0.3, 0.4) is 0 Å². The molecule has 1 aliphatic rings. The Bertz CT molecular complexity index is 870. The summed E-state index contributed by atoms with van der Waals surface area (Å²) in [5.74, 6) is 0.899. The van der Waals surface area contributed by atoms with E-state index in [1.165, 1.54) is 6.07 Å². The molecule has 1 unspecified atom stereocenters. The Morgan fingerprint density at radius 3 is 2.88 bits per heavy atom. The number of nitro groups is 1. The van der Waals surface area contributed by atoms with E-state index in [2.05, 4.69) is 21.7 Å². The van der Waals surface area contributed by atoms with E-state index in [1.54, 1.807) is 18.4 Å². The van der Waals surface area contributed by atoms with Crippen molar-refractivity contribution < 1.29 is 9.34 Å². The molecule has 0 N–H and O–H groups in total. The maximum Gasteiger partial charge on any atom is 0.269 e. The first-order valence-corrected chi connectivity index (χ1v) is 8.38. The number of hydrogen-bond donors (Lipinski definition) is 0. The van der Waals surface area contributed by atoms with Crippen LogP contribution in [0.4, 0.5) is 5.69 Å². The minimum atomic E-state index is -0.337. The van der Waals surface area contributed by atoms with Crippen LogP contribution in [0.1, 0.15) is 29.5 Å².